The maximum absolute atomic E-state index is 13.0. The smallest absolute Gasteiger partial charge is 0.279 e. The molecule has 0 radical (unpaired) electrons. The van der Waals surface area contributed by atoms with Crippen molar-refractivity contribution in [3.63, 3.8) is 0 Å². The first kappa shape index (κ1) is 21.8. The Kier molecular flexibility index (Phi) is 7.41. The molecule has 7 heteroatoms. The van der Waals surface area contributed by atoms with E-state index < -0.39 is 0 Å². The molecule has 2 aromatic rings. The zero-order valence-electron chi connectivity index (χ0n) is 17.7. The minimum Gasteiger partial charge on any atom is -0.372 e. The topological polar surface area (TPSA) is 57.1 Å². The molecule has 1 aliphatic heterocycles. The molecule has 2 amide bonds. The number of benzene rings is 2. The lowest BCUT2D eigenvalue weighted by Crippen LogP contribution is -3.15. The number of piperazine rings is 1. The summed E-state index contributed by atoms with van der Waals surface area (Å²) >= 11 is 0. The number of halogens is 1. The summed E-state index contributed by atoms with van der Waals surface area (Å²) in [6, 6.07) is 13.5. The van der Waals surface area contributed by atoms with Gasteiger partial charge in [-0.2, -0.15) is 0 Å². The molecule has 0 atom stereocenters. The lowest BCUT2D eigenvalue weighted by Gasteiger charge is -2.32. The van der Waals surface area contributed by atoms with Crippen molar-refractivity contribution in [2.24, 2.45) is 0 Å². The van der Waals surface area contributed by atoms with Gasteiger partial charge >= 0.3 is 0 Å². The van der Waals surface area contributed by atoms with Crippen LogP contribution in [0.1, 0.15) is 24.2 Å². The van der Waals surface area contributed by atoms with E-state index in [0.29, 0.717) is 30.9 Å². The molecule has 0 bridgehead atoms. The average molecular weight is 414 g/mol. The molecule has 0 saturated carbocycles. The van der Waals surface area contributed by atoms with Crippen molar-refractivity contribution in [1.82, 2.24) is 4.90 Å². The number of rotatable bonds is 7. The van der Waals surface area contributed by atoms with E-state index in [1.54, 1.807) is 12.1 Å². The zero-order valence-corrected chi connectivity index (χ0v) is 17.7. The molecule has 1 fully saturated rings. The highest BCUT2D eigenvalue weighted by molar-refractivity contribution is 5.94. The summed E-state index contributed by atoms with van der Waals surface area (Å²) in [5.74, 6) is -0.401. The van der Waals surface area contributed by atoms with Crippen LogP contribution in [0.4, 0.5) is 15.8 Å². The fraction of sp³-hybridized carbons (Fsp3) is 0.391. The third-order valence-electron chi connectivity index (χ3n) is 5.54. The van der Waals surface area contributed by atoms with Crippen LogP contribution >= 0.6 is 0 Å². The maximum Gasteiger partial charge on any atom is 0.279 e. The minimum absolute atomic E-state index is 0.0379. The summed E-state index contributed by atoms with van der Waals surface area (Å²) in [7, 11) is 0. The van der Waals surface area contributed by atoms with Crippen LogP contribution in [0.25, 0.3) is 0 Å². The largest absolute Gasteiger partial charge is 0.372 e. The number of hydrogen-bond donors (Lipinski definition) is 2. The van der Waals surface area contributed by atoms with Gasteiger partial charge in [0.05, 0.1) is 26.2 Å². The van der Waals surface area contributed by atoms with Crippen LogP contribution < -0.4 is 15.1 Å². The van der Waals surface area contributed by atoms with Gasteiger partial charge in [-0.1, -0.05) is 0 Å². The Labute approximate surface area is 177 Å². The molecule has 3 rings (SSSR count). The van der Waals surface area contributed by atoms with Gasteiger partial charge < -0.3 is 20.0 Å². The highest BCUT2D eigenvalue weighted by Gasteiger charge is 2.26. The minimum atomic E-state index is -0.331. The lowest BCUT2D eigenvalue weighted by atomic mass is 10.1. The van der Waals surface area contributed by atoms with E-state index in [1.165, 1.54) is 12.1 Å². The van der Waals surface area contributed by atoms with Crippen LogP contribution in [0.15, 0.2) is 48.5 Å². The Balaban J connectivity index is 1.48. The van der Waals surface area contributed by atoms with Gasteiger partial charge in [-0.05, 0) is 62.4 Å². The predicted molar refractivity (Wildman–Crippen MR) is 116 cm³/mol. The summed E-state index contributed by atoms with van der Waals surface area (Å²) in [6.07, 6.45) is 0. The van der Waals surface area contributed by atoms with E-state index in [4.69, 9.17) is 0 Å². The molecule has 0 spiro atoms. The second-order valence-electron chi connectivity index (χ2n) is 7.49. The number of hydrogen-bond acceptors (Lipinski definition) is 3. The van der Waals surface area contributed by atoms with Crippen molar-refractivity contribution < 1.29 is 18.9 Å². The molecule has 0 aromatic heterocycles. The molecule has 0 aliphatic carbocycles. The first-order valence-corrected chi connectivity index (χ1v) is 10.5. The third kappa shape index (κ3) is 5.57. The number of anilines is 2. The normalized spacial score (nSPS) is 14.4. The first-order chi connectivity index (χ1) is 14.5. The highest BCUT2D eigenvalue weighted by Crippen LogP contribution is 2.16. The second kappa shape index (κ2) is 10.2. The standard InChI is InChI=1S/C23H29FN4O2/c1-3-27(4-2)21-11-5-18(6-12-21)23(30)28-15-13-26(14-16-28)17-22(29)25-20-9-7-19(24)8-10-20/h5-12H,3-4,13-17H2,1-2H3,(H,25,29)/p+1. The number of nitrogens with zero attached hydrogens (tertiary/aromatic N) is 2. The van der Waals surface area contributed by atoms with E-state index in [-0.39, 0.29) is 17.6 Å². The van der Waals surface area contributed by atoms with Crippen molar-refractivity contribution in [2.75, 3.05) is 56.0 Å². The monoisotopic (exact) mass is 413 g/mol. The van der Waals surface area contributed by atoms with Gasteiger partial charge in [-0.15, -0.1) is 0 Å². The molecule has 1 saturated heterocycles. The van der Waals surface area contributed by atoms with Crippen molar-refractivity contribution in [3.05, 3.63) is 59.9 Å². The van der Waals surface area contributed by atoms with Gasteiger partial charge in [0.25, 0.3) is 11.8 Å². The zero-order chi connectivity index (χ0) is 21.5. The molecular weight excluding hydrogens is 383 g/mol. The van der Waals surface area contributed by atoms with E-state index in [2.05, 4.69) is 24.1 Å². The fourth-order valence-corrected chi connectivity index (χ4v) is 3.75. The maximum atomic E-state index is 13.0. The van der Waals surface area contributed by atoms with E-state index in [0.717, 1.165) is 36.8 Å². The highest BCUT2D eigenvalue weighted by atomic mass is 19.1. The van der Waals surface area contributed by atoms with Gasteiger partial charge in [0.15, 0.2) is 6.54 Å². The third-order valence-corrected chi connectivity index (χ3v) is 5.54. The molecule has 1 heterocycles. The van der Waals surface area contributed by atoms with Gasteiger partial charge in [-0.3, -0.25) is 9.59 Å². The summed E-state index contributed by atoms with van der Waals surface area (Å²) in [5.41, 5.74) is 2.41. The molecule has 30 heavy (non-hydrogen) atoms. The van der Waals surface area contributed by atoms with Crippen molar-refractivity contribution in [1.29, 1.82) is 0 Å². The van der Waals surface area contributed by atoms with Gasteiger partial charge in [0.1, 0.15) is 5.82 Å². The van der Waals surface area contributed by atoms with Crippen LogP contribution in [-0.4, -0.2) is 62.5 Å². The van der Waals surface area contributed by atoms with Crippen molar-refractivity contribution >= 4 is 23.2 Å². The Hall–Kier alpha value is -2.93. The molecule has 160 valence electrons. The van der Waals surface area contributed by atoms with Gasteiger partial charge in [0, 0.05) is 30.0 Å². The van der Waals surface area contributed by atoms with Gasteiger partial charge in [-0.25, -0.2) is 4.39 Å². The van der Waals surface area contributed by atoms with Crippen molar-refractivity contribution in [2.45, 2.75) is 13.8 Å². The number of nitrogens with one attached hydrogen (secondary N) is 2. The van der Waals surface area contributed by atoms with E-state index >= 15 is 0 Å². The predicted octanol–water partition coefficient (Wildman–Crippen LogP) is 1.65. The van der Waals surface area contributed by atoms with Crippen LogP contribution in [0.5, 0.6) is 0 Å². The SMILES string of the molecule is CCN(CC)c1ccc(C(=O)N2CC[NH+](CC(=O)Nc3ccc(F)cc3)CC2)cc1. The van der Waals surface area contributed by atoms with Gasteiger partial charge in [0.2, 0.25) is 0 Å². The summed E-state index contributed by atoms with van der Waals surface area (Å²) in [4.78, 5) is 30.3. The quantitative estimate of drug-likeness (QED) is 0.726. The van der Waals surface area contributed by atoms with Crippen LogP contribution in [0.3, 0.4) is 0 Å². The van der Waals surface area contributed by atoms with Crippen LogP contribution in [0, 0.1) is 5.82 Å². The summed E-state index contributed by atoms with van der Waals surface area (Å²) in [6.45, 7) is 9.12. The molecule has 2 N–H and O–H groups in total. The Bertz CT molecular complexity index is 843. The number of carbonyl (C=O) groups is 2. The Morgan fingerprint density at radius 1 is 1.00 bits per heavy atom. The summed E-state index contributed by atoms with van der Waals surface area (Å²) in [5, 5.41) is 2.79. The number of quaternary nitrogens is 1. The lowest BCUT2D eigenvalue weighted by molar-refractivity contribution is -0.895. The number of carbonyl (C=O) groups excluding carboxylic acids is 2. The molecule has 1 aliphatic rings. The number of amides is 2. The molecule has 6 nitrogen and oxygen atoms in total. The molecule has 0 unspecified atom stereocenters. The fourth-order valence-electron chi connectivity index (χ4n) is 3.75. The van der Waals surface area contributed by atoms with E-state index in [1.807, 2.05) is 29.2 Å². The second-order valence-corrected chi connectivity index (χ2v) is 7.49. The van der Waals surface area contributed by atoms with Crippen LogP contribution in [0.2, 0.25) is 0 Å². The van der Waals surface area contributed by atoms with Crippen LogP contribution in [-0.2, 0) is 4.79 Å². The Morgan fingerprint density at radius 3 is 2.17 bits per heavy atom. The molecular formula is C23H30FN4O2+. The van der Waals surface area contributed by atoms with E-state index in [9.17, 15) is 14.0 Å². The average Bonchev–Trinajstić information content (AvgIpc) is 2.77. The first-order valence-electron chi connectivity index (χ1n) is 10.5. The Morgan fingerprint density at radius 2 is 1.60 bits per heavy atom. The summed E-state index contributed by atoms with van der Waals surface area (Å²) < 4.78 is 13.0. The van der Waals surface area contributed by atoms with Crippen molar-refractivity contribution in [3.8, 4) is 0 Å². The molecule has 2 aromatic carbocycles.